The van der Waals surface area contributed by atoms with Gasteiger partial charge in [-0.3, -0.25) is 33.6 Å². The molecule has 8 aromatic carbocycles. The quantitative estimate of drug-likeness (QED) is 0.0339. The van der Waals surface area contributed by atoms with Crippen LogP contribution in [-0.4, -0.2) is 105 Å². The first-order valence-electron chi connectivity index (χ1n) is 45.1. The topological polar surface area (TPSA) is 339 Å². The van der Waals surface area contributed by atoms with Crippen molar-refractivity contribution >= 4 is 58.5 Å². The Morgan fingerprint density at radius 1 is 0.419 bits per heavy atom. The zero-order valence-electron chi connectivity index (χ0n) is 72.8. The molecule has 124 heavy (non-hydrogen) atoms. The number of fused-ring (bicyclic) bond motifs is 6. The lowest BCUT2D eigenvalue weighted by Crippen LogP contribution is -2.54. The number of hydrogen-bond acceptors (Lipinski definition) is 10. The van der Waals surface area contributed by atoms with E-state index in [4.69, 9.17) is 35.7 Å². The van der Waals surface area contributed by atoms with Crippen LogP contribution in [0.1, 0.15) is 245 Å². The molecular weight excluding hydrogens is 1560 g/mol. The fraction of sp³-hybridized carbons (Fsp3) is 0.491. The highest BCUT2D eigenvalue weighted by Crippen LogP contribution is 2.69. The monoisotopic (exact) mass is 1690 g/mol. The number of phenolic OH excluding ortho intramolecular Hbond substituents is 1. The van der Waals surface area contributed by atoms with Crippen molar-refractivity contribution in [3.05, 3.63) is 257 Å². The smallest absolute Gasteiger partial charge is 0.336 e. The predicted molar refractivity (Wildman–Crippen MR) is 480 cm³/mol. The summed E-state index contributed by atoms with van der Waals surface area (Å²) in [5.41, 5.74) is 5.34. The van der Waals surface area contributed by atoms with Gasteiger partial charge in [0.1, 0.15) is 11.2 Å². The highest BCUT2D eigenvalue weighted by atomic mass is 16.4. The van der Waals surface area contributed by atoms with Gasteiger partial charge >= 0.3 is 47.8 Å². The summed E-state index contributed by atoms with van der Waals surface area (Å²) in [6, 6.07) is 66.8. The Labute approximate surface area is 731 Å². The summed E-state index contributed by atoms with van der Waals surface area (Å²) in [5, 5.41) is 92.3. The number of aliphatic carboxylic acids is 7. The third kappa shape index (κ3) is 23.6. The molecule has 12 aliphatic rings. The maximum Gasteiger partial charge on any atom is 0.336 e. The molecule has 662 valence electrons. The van der Waals surface area contributed by atoms with Crippen LogP contribution in [0.25, 0.3) is 10.8 Å². The second-order valence-corrected chi connectivity index (χ2v) is 39.0. The van der Waals surface area contributed by atoms with Gasteiger partial charge in [0.15, 0.2) is 0 Å². The standard InChI is InChI=1S/C24H40O3.C17H18O2.C15H14O2.C12H18O2.C11H16O2.C11H8O2.C8H8O3.C8H8O2/c1-15(4-9-22(26)27)19-7-8-20-18-6-5-16-14-17(25)10-12-23(16,2)21(18)11-13-24(19,20)3;1-17(13-12-16(18)19,14-8-4-2-5-9-14)15-10-6-3-7-11-15;1-15(14(16)17,12-8-4-2-5-9-12)13-10-6-3-7-11-13;13-11(14)7-12-4-8-1-9(5-12)3-10(2-8)6-12;12-10(13)11-4-7-1-8(5-11)3-9(2-7)6-11;12-11(13)10-7-3-5-8-4-1-2-6-9(8)10;9-7-3-1-6(2-4-7)5-8(10)11;9-8(10)6-7-4-2-1-3-5-7/h15-21,25H,4-14H2,1-3H3,(H,26,27);2-11H,12-13H2,1H3,(H,18,19);2-11H,1H3,(H,16,17);8-10H,1-7H2,(H,13,14);7-9H,1-6H2,(H,12,13);1-7H,(H,12,13);1-4,9H,5H2,(H,10,11);1-5H,6H2,(H,9,10). The Balaban J connectivity index is 0.000000141. The number of hydrogen-bond donors (Lipinski definition) is 10. The van der Waals surface area contributed by atoms with Gasteiger partial charge in [0, 0.05) is 18.3 Å². The highest BCUT2D eigenvalue weighted by Gasteiger charge is 2.61. The van der Waals surface area contributed by atoms with E-state index in [1.807, 2.05) is 146 Å². The van der Waals surface area contributed by atoms with Gasteiger partial charge in [-0.25, -0.2) is 4.79 Å². The molecule has 0 spiro atoms. The van der Waals surface area contributed by atoms with Crippen LogP contribution >= 0.6 is 0 Å². The molecule has 9 atom stereocenters. The number of phenols is 1. The maximum atomic E-state index is 11.6. The van der Waals surface area contributed by atoms with Crippen molar-refractivity contribution in [1.82, 2.24) is 0 Å². The van der Waals surface area contributed by atoms with E-state index in [1.54, 1.807) is 43.3 Å². The predicted octanol–water partition coefficient (Wildman–Crippen LogP) is 22.3. The average molecular weight is 1690 g/mol. The number of carboxylic acids is 8. The zero-order valence-corrected chi connectivity index (χ0v) is 72.8. The van der Waals surface area contributed by atoms with Crippen LogP contribution in [0.5, 0.6) is 5.75 Å². The largest absolute Gasteiger partial charge is 0.508 e. The SMILES string of the molecule is CC(C(=O)O)(c1ccccc1)c1ccccc1.CC(CCC(=O)O)(c1ccccc1)c1ccccc1.CC(CCC(=O)O)C1CCC2C3CCC4CC(O)CCC4(C)C3CCC12C.O=C(O)C12CC3CC(CC(C3)C1)C2.O=C(O)CC12CC3CC(CC(C3)C1)C2.O=C(O)Cc1ccc(O)cc1.O=C(O)Cc1ccccc1.O=C(O)c1cccc2ccccc12. The first-order valence-corrected chi connectivity index (χ1v) is 45.1. The number of carboxylic acid groups (broad SMARTS) is 8. The van der Waals surface area contributed by atoms with Gasteiger partial charge in [0.25, 0.3) is 0 Å². The molecule has 18 heteroatoms. The van der Waals surface area contributed by atoms with E-state index in [0.717, 1.165) is 136 Å². The average Bonchev–Trinajstić information content (AvgIpc) is 1.45. The molecule has 12 saturated carbocycles. The molecule has 0 heterocycles. The number of aromatic carboxylic acids is 1. The summed E-state index contributed by atoms with van der Waals surface area (Å²) in [4.78, 5) is 86.9. The van der Waals surface area contributed by atoms with E-state index in [2.05, 4.69) is 52.0 Å². The normalized spacial score (nSPS) is 28.0. The Bertz CT molecular complexity index is 4700. The first kappa shape index (κ1) is 94.2. The Morgan fingerprint density at radius 2 is 0.847 bits per heavy atom. The molecule has 10 N–H and O–H groups in total. The summed E-state index contributed by atoms with van der Waals surface area (Å²) in [5.74, 6) is 3.74. The van der Waals surface area contributed by atoms with E-state index in [0.29, 0.717) is 53.1 Å². The molecule has 9 unspecified atom stereocenters. The fourth-order valence-electron chi connectivity index (χ4n) is 25.3. The molecule has 18 nitrogen and oxygen atoms in total. The molecule has 8 aromatic rings. The number of benzene rings is 8. The molecule has 0 amide bonds. The van der Waals surface area contributed by atoms with E-state index in [9.17, 15) is 53.7 Å². The zero-order chi connectivity index (χ0) is 89.2. The number of aliphatic hydroxyl groups excluding tert-OH is 1. The highest BCUT2D eigenvalue weighted by molar-refractivity contribution is 6.03. The van der Waals surface area contributed by atoms with Crippen molar-refractivity contribution in [2.75, 3.05) is 0 Å². The second kappa shape index (κ2) is 42.0. The van der Waals surface area contributed by atoms with Gasteiger partial charge in [-0.1, -0.05) is 228 Å². The van der Waals surface area contributed by atoms with Gasteiger partial charge in [-0.15, -0.1) is 0 Å². The Hall–Kier alpha value is -10.5. The van der Waals surface area contributed by atoms with Crippen molar-refractivity contribution < 1.29 is 89.4 Å². The molecule has 0 radical (unpaired) electrons. The fourth-order valence-corrected chi connectivity index (χ4v) is 25.3. The number of aromatic hydroxyl groups is 1. The van der Waals surface area contributed by atoms with Crippen LogP contribution in [0.4, 0.5) is 0 Å². The molecule has 0 aliphatic heterocycles. The van der Waals surface area contributed by atoms with Gasteiger partial charge in [0.05, 0.1) is 36.3 Å². The van der Waals surface area contributed by atoms with Crippen LogP contribution in [-0.2, 0) is 57.2 Å². The van der Waals surface area contributed by atoms with E-state index >= 15 is 0 Å². The van der Waals surface area contributed by atoms with Crippen molar-refractivity contribution in [1.29, 1.82) is 0 Å². The molecule has 20 rings (SSSR count). The third-order valence-corrected chi connectivity index (χ3v) is 30.7. The van der Waals surface area contributed by atoms with Crippen LogP contribution in [0.2, 0.25) is 0 Å². The minimum atomic E-state index is -0.998. The number of rotatable bonds is 20. The third-order valence-electron chi connectivity index (χ3n) is 30.7. The van der Waals surface area contributed by atoms with E-state index < -0.39 is 53.2 Å². The summed E-state index contributed by atoms with van der Waals surface area (Å²) in [7, 11) is 0. The van der Waals surface area contributed by atoms with Crippen molar-refractivity contribution in [3.63, 3.8) is 0 Å². The van der Waals surface area contributed by atoms with Gasteiger partial charge < -0.3 is 51.1 Å². The lowest BCUT2D eigenvalue weighted by Gasteiger charge is -2.61. The van der Waals surface area contributed by atoms with Gasteiger partial charge in [-0.2, -0.15) is 0 Å². The number of aliphatic hydroxyl groups is 1. The molecule has 0 saturated heterocycles. The van der Waals surface area contributed by atoms with Crippen molar-refractivity contribution in [2.24, 2.45) is 92.7 Å². The van der Waals surface area contributed by atoms with Crippen molar-refractivity contribution in [2.45, 2.75) is 231 Å². The van der Waals surface area contributed by atoms with E-state index in [-0.39, 0.29) is 47.4 Å². The molecule has 8 bridgehead atoms. The minimum Gasteiger partial charge on any atom is -0.508 e. The number of carbonyl (C=O) groups is 8. The summed E-state index contributed by atoms with van der Waals surface area (Å²) in [6.45, 7) is 11.3. The van der Waals surface area contributed by atoms with Crippen molar-refractivity contribution in [3.8, 4) is 5.75 Å². The Morgan fingerprint density at radius 3 is 1.30 bits per heavy atom. The molecular formula is C106H130O18. The van der Waals surface area contributed by atoms with Crippen LogP contribution in [0.15, 0.2) is 218 Å². The van der Waals surface area contributed by atoms with Gasteiger partial charge in [0.2, 0.25) is 0 Å². The molecule has 12 fully saturated rings. The lowest BCUT2D eigenvalue weighted by molar-refractivity contribution is -0.164. The summed E-state index contributed by atoms with van der Waals surface area (Å²) < 4.78 is 0. The molecule has 12 aliphatic carbocycles. The summed E-state index contributed by atoms with van der Waals surface area (Å²) >= 11 is 0. The van der Waals surface area contributed by atoms with E-state index in [1.165, 1.54) is 115 Å². The van der Waals surface area contributed by atoms with Gasteiger partial charge in [-0.05, 0) is 304 Å². The summed E-state index contributed by atoms with van der Waals surface area (Å²) in [6.07, 6.45) is 28.5. The Kier molecular flexibility index (Phi) is 31.9. The van der Waals surface area contributed by atoms with Crippen LogP contribution < -0.4 is 0 Å². The second-order valence-electron chi connectivity index (χ2n) is 39.0. The lowest BCUT2D eigenvalue weighted by atomic mass is 9.44. The molecule has 0 aromatic heterocycles. The minimum absolute atomic E-state index is 0.000278. The van der Waals surface area contributed by atoms with Crippen LogP contribution in [0.3, 0.4) is 0 Å². The van der Waals surface area contributed by atoms with Crippen LogP contribution in [0, 0.1) is 92.7 Å². The first-order chi connectivity index (χ1) is 59.1. The maximum absolute atomic E-state index is 11.6.